The van der Waals surface area contributed by atoms with Crippen molar-refractivity contribution in [3.8, 4) is 0 Å². The normalized spacial score (nSPS) is 8.39. The Bertz CT molecular complexity index is 593. The predicted molar refractivity (Wildman–Crippen MR) is 112 cm³/mol. The van der Waals surface area contributed by atoms with Crippen LogP contribution in [-0.2, 0) is 28.4 Å². The molecule has 0 spiro atoms. The minimum Gasteiger partial charge on any atom is -0.450 e. The highest BCUT2D eigenvalue weighted by Crippen LogP contribution is 1.92. The first-order chi connectivity index (χ1) is 15.6. The molecule has 0 saturated carbocycles. The molecule has 1 rings (SSSR count). The predicted octanol–water partition coefficient (Wildman–Crippen LogP) is 4.56. The second kappa shape index (κ2) is 26.3. The van der Waals surface area contributed by atoms with Crippen LogP contribution in [0.25, 0.3) is 0 Å². The third kappa shape index (κ3) is 36.0. The van der Waals surface area contributed by atoms with Crippen molar-refractivity contribution in [2.24, 2.45) is 0 Å². The smallest absolute Gasteiger partial charge is 0.450 e. The molecular formula is C20H31FO12. The quantitative estimate of drug-likeness (QED) is 0.317. The van der Waals surface area contributed by atoms with E-state index in [0.717, 1.165) is 12.8 Å². The molecule has 0 fully saturated rings. The molecule has 0 aromatic heterocycles. The van der Waals surface area contributed by atoms with Gasteiger partial charge >= 0.3 is 24.6 Å². The summed E-state index contributed by atoms with van der Waals surface area (Å²) in [5.74, 6) is -0.178. The summed E-state index contributed by atoms with van der Waals surface area (Å²) >= 11 is 0. The van der Waals surface area contributed by atoms with Crippen molar-refractivity contribution < 1.29 is 62.2 Å². The molecule has 0 amide bonds. The molecule has 0 atom stereocenters. The van der Waals surface area contributed by atoms with Crippen molar-refractivity contribution >= 4 is 24.6 Å². The summed E-state index contributed by atoms with van der Waals surface area (Å²) < 4.78 is 37.1. The maximum absolute atomic E-state index is 11.9. The zero-order valence-electron chi connectivity index (χ0n) is 19.0. The van der Waals surface area contributed by atoms with E-state index >= 15 is 0 Å². The molecule has 13 heteroatoms. The summed E-state index contributed by atoms with van der Waals surface area (Å²) in [5.41, 5.74) is 0. The number of hydrogen-bond donors (Lipinski definition) is 2. The summed E-state index contributed by atoms with van der Waals surface area (Å²) in [5, 5.41) is 15.7. The maximum Gasteiger partial charge on any atom is 0.508 e. The molecular weight excluding hydrogens is 451 g/mol. The van der Waals surface area contributed by atoms with Gasteiger partial charge in [-0.3, -0.25) is 0 Å². The number of carbonyl (C=O) groups excluding carboxylic acids is 2. The monoisotopic (exact) mass is 482 g/mol. The molecule has 1 aromatic carbocycles. The Kier molecular flexibility index (Phi) is 26.9. The first kappa shape index (κ1) is 33.9. The molecule has 0 saturated heterocycles. The van der Waals surface area contributed by atoms with E-state index in [1.165, 1.54) is 26.4 Å². The van der Waals surface area contributed by atoms with Gasteiger partial charge < -0.3 is 38.6 Å². The summed E-state index contributed by atoms with van der Waals surface area (Å²) in [7, 11) is 2.51. The zero-order chi connectivity index (χ0) is 25.9. The Morgan fingerprint density at radius 3 is 1.30 bits per heavy atom. The molecule has 0 aliphatic carbocycles. The standard InChI is InChI=1S/C7H14O3.C6H5F.C4H6O6.C3H6O3/c1-3-5-9-7(8)10-6-4-2;7-6-4-2-1-3-5-6;5-3(6)9-1-2-10-4(7)8;1-5-3(4)6-2/h3-6H2,1-2H3;1-5H;1-2H2,(H,5,6)(H,7,8);1-2H3. The molecule has 2 N–H and O–H groups in total. The number of rotatable bonds is 7. The lowest BCUT2D eigenvalue weighted by molar-refractivity contribution is 0.0472. The zero-order valence-corrected chi connectivity index (χ0v) is 19.0. The minimum atomic E-state index is -1.45. The van der Waals surface area contributed by atoms with Crippen LogP contribution in [0.15, 0.2) is 30.3 Å². The number of halogens is 1. The highest BCUT2D eigenvalue weighted by Gasteiger charge is 1.99. The molecule has 190 valence electrons. The van der Waals surface area contributed by atoms with Gasteiger partial charge in [-0.2, -0.15) is 0 Å². The lowest BCUT2D eigenvalue weighted by Crippen LogP contribution is -2.10. The van der Waals surface area contributed by atoms with E-state index in [4.69, 9.17) is 10.2 Å². The van der Waals surface area contributed by atoms with Crippen molar-refractivity contribution in [1.82, 2.24) is 0 Å². The largest absolute Gasteiger partial charge is 0.508 e. The Hall–Kier alpha value is -3.77. The fraction of sp³-hybridized carbons (Fsp3) is 0.500. The van der Waals surface area contributed by atoms with Gasteiger partial charge in [0, 0.05) is 0 Å². The summed E-state index contributed by atoms with van der Waals surface area (Å²) in [6.07, 6.45) is -2.44. The van der Waals surface area contributed by atoms with Crippen molar-refractivity contribution in [2.75, 3.05) is 40.6 Å². The van der Waals surface area contributed by atoms with Gasteiger partial charge in [-0.25, -0.2) is 23.6 Å². The fourth-order valence-corrected chi connectivity index (χ4v) is 1.17. The van der Waals surface area contributed by atoms with Crippen LogP contribution < -0.4 is 0 Å². The van der Waals surface area contributed by atoms with Crippen LogP contribution in [0.1, 0.15) is 26.7 Å². The first-order valence-corrected chi connectivity index (χ1v) is 9.47. The van der Waals surface area contributed by atoms with E-state index < -0.39 is 24.6 Å². The average Bonchev–Trinajstić information content (AvgIpc) is 2.80. The van der Waals surface area contributed by atoms with Crippen LogP contribution in [0.5, 0.6) is 0 Å². The van der Waals surface area contributed by atoms with Crippen LogP contribution in [0.4, 0.5) is 23.6 Å². The van der Waals surface area contributed by atoms with E-state index in [0.29, 0.717) is 13.2 Å². The highest BCUT2D eigenvalue weighted by molar-refractivity contribution is 5.59. The lowest BCUT2D eigenvalue weighted by Gasteiger charge is -2.02. The molecule has 0 bridgehead atoms. The summed E-state index contributed by atoms with van der Waals surface area (Å²) in [6.45, 7) is 4.22. The molecule has 0 heterocycles. The Labute approximate surface area is 191 Å². The topological polar surface area (TPSA) is 164 Å². The number of carboxylic acid groups (broad SMARTS) is 2. The highest BCUT2D eigenvalue weighted by atomic mass is 19.1. The molecule has 12 nitrogen and oxygen atoms in total. The van der Waals surface area contributed by atoms with Crippen LogP contribution in [-0.4, -0.2) is 75.5 Å². The Morgan fingerprint density at radius 1 is 0.697 bits per heavy atom. The summed E-state index contributed by atoms with van der Waals surface area (Å²) in [6, 6.07) is 7.94. The number of ether oxygens (including phenoxy) is 6. The van der Waals surface area contributed by atoms with Crippen molar-refractivity contribution in [3.05, 3.63) is 36.1 Å². The molecule has 0 radical (unpaired) electrons. The second-order valence-electron chi connectivity index (χ2n) is 5.13. The third-order valence-electron chi connectivity index (χ3n) is 2.45. The van der Waals surface area contributed by atoms with Crippen LogP contribution in [0.3, 0.4) is 0 Å². The van der Waals surface area contributed by atoms with Crippen molar-refractivity contribution in [1.29, 1.82) is 0 Å². The number of benzene rings is 1. The van der Waals surface area contributed by atoms with Gasteiger partial charge in [-0.15, -0.1) is 0 Å². The maximum atomic E-state index is 11.9. The summed E-state index contributed by atoms with van der Waals surface area (Å²) in [4.78, 5) is 39.5. The van der Waals surface area contributed by atoms with Crippen molar-refractivity contribution in [2.45, 2.75) is 26.7 Å². The molecule has 0 unspecified atom stereocenters. The van der Waals surface area contributed by atoms with E-state index in [9.17, 15) is 23.6 Å². The van der Waals surface area contributed by atoms with Crippen LogP contribution in [0, 0.1) is 5.82 Å². The number of carbonyl (C=O) groups is 4. The van der Waals surface area contributed by atoms with Gasteiger partial charge in [0.05, 0.1) is 27.4 Å². The lowest BCUT2D eigenvalue weighted by atomic mass is 10.4. The van der Waals surface area contributed by atoms with Gasteiger partial charge in [-0.1, -0.05) is 32.0 Å². The molecule has 0 aliphatic heterocycles. The van der Waals surface area contributed by atoms with Gasteiger partial charge in [0.2, 0.25) is 0 Å². The van der Waals surface area contributed by atoms with Gasteiger partial charge in [-0.05, 0) is 25.0 Å². The number of methoxy groups -OCH3 is 2. The van der Waals surface area contributed by atoms with E-state index in [1.54, 1.807) is 18.2 Å². The molecule has 1 aromatic rings. The average molecular weight is 482 g/mol. The van der Waals surface area contributed by atoms with Gasteiger partial charge in [0.1, 0.15) is 19.0 Å². The fourth-order valence-electron chi connectivity index (χ4n) is 1.17. The number of hydrogen-bond acceptors (Lipinski definition) is 10. The van der Waals surface area contributed by atoms with Crippen molar-refractivity contribution in [3.63, 3.8) is 0 Å². The Morgan fingerprint density at radius 2 is 1.09 bits per heavy atom. The second-order valence-corrected chi connectivity index (χ2v) is 5.13. The van der Waals surface area contributed by atoms with Crippen LogP contribution >= 0.6 is 0 Å². The van der Waals surface area contributed by atoms with E-state index in [-0.39, 0.29) is 19.0 Å². The first-order valence-electron chi connectivity index (χ1n) is 9.47. The van der Waals surface area contributed by atoms with Gasteiger partial charge in [0.25, 0.3) is 0 Å². The SMILES string of the molecule is CCCOC(=O)OCCC.COC(=O)OC.Fc1ccccc1.O=C(O)OCCOC(=O)O. The minimum absolute atomic E-state index is 0.178. The van der Waals surface area contributed by atoms with Gasteiger partial charge in [0.15, 0.2) is 0 Å². The van der Waals surface area contributed by atoms with Crippen LogP contribution in [0.2, 0.25) is 0 Å². The third-order valence-corrected chi connectivity index (χ3v) is 2.45. The Balaban J connectivity index is -0.000000371. The molecule has 33 heavy (non-hydrogen) atoms. The van der Waals surface area contributed by atoms with E-state index in [2.05, 4.69) is 28.4 Å². The van der Waals surface area contributed by atoms with E-state index in [1.807, 2.05) is 13.8 Å². The molecule has 0 aliphatic rings.